The van der Waals surface area contributed by atoms with Gasteiger partial charge in [0, 0.05) is 35.9 Å². The van der Waals surface area contributed by atoms with Gasteiger partial charge in [0.25, 0.3) is 0 Å². The van der Waals surface area contributed by atoms with Crippen molar-refractivity contribution in [3.63, 3.8) is 0 Å². The van der Waals surface area contributed by atoms with Gasteiger partial charge in [-0.05, 0) is 6.07 Å². The number of anilines is 1. The number of hydrogen-bond acceptors (Lipinski definition) is 5. The van der Waals surface area contributed by atoms with Crippen molar-refractivity contribution in [2.45, 2.75) is 29.2 Å². The van der Waals surface area contributed by atoms with Crippen LogP contribution in [-0.2, 0) is 10.0 Å². The first-order chi connectivity index (χ1) is 8.39. The molecule has 1 fully saturated rings. The van der Waals surface area contributed by atoms with Crippen molar-refractivity contribution in [2.75, 3.05) is 18.8 Å². The van der Waals surface area contributed by atoms with E-state index in [1.54, 1.807) is 0 Å². The molecule has 2 unspecified atom stereocenters. The second-order valence-corrected chi connectivity index (χ2v) is 8.32. The zero-order chi connectivity index (χ0) is 13.3. The van der Waals surface area contributed by atoms with Gasteiger partial charge in [0.05, 0.1) is 4.90 Å². The highest BCUT2D eigenvalue weighted by atomic mass is 32.2. The molecule has 1 aliphatic heterocycles. The molecule has 7 heteroatoms. The summed E-state index contributed by atoms with van der Waals surface area (Å²) in [5.41, 5.74) is 5.54. The number of hydrogen-bond donors (Lipinski definition) is 1. The van der Waals surface area contributed by atoms with Crippen LogP contribution in [0.3, 0.4) is 0 Å². The molecule has 2 heterocycles. The maximum atomic E-state index is 12.5. The summed E-state index contributed by atoms with van der Waals surface area (Å²) in [6.07, 6.45) is 1.42. The van der Waals surface area contributed by atoms with E-state index in [4.69, 9.17) is 5.73 Å². The topological polar surface area (TPSA) is 76.3 Å². The molecule has 100 valence electrons. The summed E-state index contributed by atoms with van der Waals surface area (Å²) in [6.45, 7) is 5.17. The van der Waals surface area contributed by atoms with E-state index in [0.29, 0.717) is 23.6 Å². The Balaban J connectivity index is 2.31. The van der Waals surface area contributed by atoms with Crippen LogP contribution in [0.5, 0.6) is 0 Å². The predicted molar refractivity (Wildman–Crippen MR) is 73.9 cm³/mol. The van der Waals surface area contributed by atoms with Gasteiger partial charge >= 0.3 is 0 Å². The molecule has 1 saturated heterocycles. The lowest BCUT2D eigenvalue weighted by Crippen LogP contribution is -2.43. The van der Waals surface area contributed by atoms with Gasteiger partial charge in [-0.2, -0.15) is 16.1 Å². The number of aromatic nitrogens is 1. The minimum atomic E-state index is -3.45. The molecule has 18 heavy (non-hydrogen) atoms. The first kappa shape index (κ1) is 13.6. The molecule has 2 atom stereocenters. The van der Waals surface area contributed by atoms with Gasteiger partial charge in [-0.1, -0.05) is 13.8 Å². The molecule has 0 radical (unpaired) electrons. The average molecular weight is 287 g/mol. The molecule has 1 aromatic rings. The van der Waals surface area contributed by atoms with Crippen LogP contribution in [0.15, 0.2) is 23.2 Å². The molecule has 1 aliphatic rings. The summed E-state index contributed by atoms with van der Waals surface area (Å²) in [5.74, 6) is 0.226. The summed E-state index contributed by atoms with van der Waals surface area (Å²) in [7, 11) is -3.45. The normalized spacial score (nSPS) is 26.1. The molecular weight excluding hydrogens is 270 g/mol. The van der Waals surface area contributed by atoms with E-state index >= 15 is 0 Å². The highest BCUT2D eigenvalue weighted by Crippen LogP contribution is 2.28. The Morgan fingerprint density at radius 2 is 2.00 bits per heavy atom. The van der Waals surface area contributed by atoms with Crippen molar-refractivity contribution in [3.8, 4) is 0 Å². The Bertz CT molecular complexity index is 523. The molecule has 0 aliphatic carbocycles. The van der Waals surface area contributed by atoms with Crippen LogP contribution in [0.2, 0.25) is 0 Å². The van der Waals surface area contributed by atoms with Gasteiger partial charge < -0.3 is 5.73 Å². The number of thioether (sulfide) groups is 1. The molecule has 0 aromatic carbocycles. The monoisotopic (exact) mass is 287 g/mol. The summed E-state index contributed by atoms with van der Waals surface area (Å²) in [5, 5.41) is 0.616. The summed E-state index contributed by atoms with van der Waals surface area (Å²) >= 11 is 1.82. The predicted octanol–water partition coefficient (Wildman–Crippen LogP) is 1.18. The quantitative estimate of drug-likeness (QED) is 0.884. The molecule has 2 rings (SSSR count). The maximum Gasteiger partial charge on any atom is 0.243 e. The van der Waals surface area contributed by atoms with Gasteiger partial charge in [-0.3, -0.25) is 0 Å². The van der Waals surface area contributed by atoms with Gasteiger partial charge in [0.1, 0.15) is 5.82 Å². The van der Waals surface area contributed by atoms with E-state index in [0.717, 1.165) is 0 Å². The minimum Gasteiger partial charge on any atom is -0.384 e. The molecular formula is C11H17N3O2S2. The van der Waals surface area contributed by atoms with Crippen molar-refractivity contribution in [2.24, 2.45) is 0 Å². The van der Waals surface area contributed by atoms with E-state index in [2.05, 4.69) is 4.98 Å². The third kappa shape index (κ3) is 2.78. The lowest BCUT2D eigenvalue weighted by atomic mass is 10.4. The molecule has 0 spiro atoms. The minimum absolute atomic E-state index is 0.223. The van der Waals surface area contributed by atoms with Crippen LogP contribution in [0.4, 0.5) is 5.82 Å². The van der Waals surface area contributed by atoms with E-state index < -0.39 is 10.0 Å². The van der Waals surface area contributed by atoms with Crippen LogP contribution in [0.25, 0.3) is 0 Å². The Morgan fingerprint density at radius 3 is 2.56 bits per heavy atom. The Morgan fingerprint density at radius 1 is 1.39 bits per heavy atom. The zero-order valence-electron chi connectivity index (χ0n) is 10.4. The van der Waals surface area contributed by atoms with Gasteiger partial charge in [-0.25, -0.2) is 13.4 Å². The largest absolute Gasteiger partial charge is 0.384 e. The molecule has 2 N–H and O–H groups in total. The van der Waals surface area contributed by atoms with E-state index in [1.165, 1.54) is 22.6 Å². The number of nitrogen functional groups attached to an aromatic ring is 1. The van der Waals surface area contributed by atoms with Crippen molar-refractivity contribution < 1.29 is 8.42 Å². The highest BCUT2D eigenvalue weighted by molar-refractivity contribution is 8.00. The first-order valence-corrected chi connectivity index (χ1v) is 8.15. The summed E-state index contributed by atoms with van der Waals surface area (Å²) in [4.78, 5) is 4.04. The summed E-state index contributed by atoms with van der Waals surface area (Å²) < 4.78 is 26.5. The standard InChI is InChI=1S/C11H17N3O2S2/c1-8-6-14(7-9(2)17-8)18(15,16)10-3-4-13-11(12)5-10/h3-5,8-9H,6-7H2,1-2H3,(H2,12,13). The number of nitrogens with two attached hydrogens (primary N) is 1. The third-order valence-corrected chi connectivity index (χ3v) is 5.83. The van der Waals surface area contributed by atoms with Gasteiger partial charge in [0.15, 0.2) is 0 Å². The second kappa shape index (κ2) is 5.07. The Kier molecular flexibility index (Phi) is 3.84. The smallest absolute Gasteiger partial charge is 0.243 e. The molecule has 1 aromatic heterocycles. The van der Waals surface area contributed by atoms with Crippen molar-refractivity contribution >= 4 is 27.6 Å². The Labute approximate surface area is 112 Å². The van der Waals surface area contributed by atoms with Crippen LogP contribution >= 0.6 is 11.8 Å². The zero-order valence-corrected chi connectivity index (χ0v) is 12.0. The fourth-order valence-electron chi connectivity index (χ4n) is 2.06. The third-order valence-electron chi connectivity index (χ3n) is 2.78. The molecule has 0 saturated carbocycles. The van der Waals surface area contributed by atoms with Crippen molar-refractivity contribution in [1.29, 1.82) is 0 Å². The van der Waals surface area contributed by atoms with E-state index in [-0.39, 0.29) is 10.7 Å². The van der Waals surface area contributed by atoms with Crippen LogP contribution in [0, 0.1) is 0 Å². The lowest BCUT2D eigenvalue weighted by molar-refractivity contribution is 0.405. The number of pyridine rings is 1. The molecule has 5 nitrogen and oxygen atoms in total. The molecule has 0 bridgehead atoms. The van der Waals surface area contributed by atoms with Crippen LogP contribution < -0.4 is 5.73 Å². The van der Waals surface area contributed by atoms with Crippen LogP contribution in [0.1, 0.15) is 13.8 Å². The molecule has 0 amide bonds. The Hall–Kier alpha value is -0.790. The van der Waals surface area contributed by atoms with Crippen molar-refractivity contribution in [3.05, 3.63) is 18.3 Å². The van der Waals surface area contributed by atoms with Crippen molar-refractivity contribution in [1.82, 2.24) is 9.29 Å². The average Bonchev–Trinajstić information content (AvgIpc) is 2.27. The summed E-state index contributed by atoms with van der Waals surface area (Å²) in [6, 6.07) is 2.90. The number of sulfonamides is 1. The maximum absolute atomic E-state index is 12.5. The number of nitrogens with zero attached hydrogens (tertiary/aromatic N) is 2. The van der Waals surface area contributed by atoms with E-state index in [9.17, 15) is 8.42 Å². The van der Waals surface area contributed by atoms with Gasteiger partial charge in [-0.15, -0.1) is 0 Å². The second-order valence-electron chi connectivity index (χ2n) is 4.50. The lowest BCUT2D eigenvalue weighted by Gasteiger charge is -2.33. The number of rotatable bonds is 2. The van der Waals surface area contributed by atoms with Crippen LogP contribution in [-0.4, -0.2) is 41.3 Å². The highest BCUT2D eigenvalue weighted by Gasteiger charge is 2.32. The van der Waals surface area contributed by atoms with E-state index in [1.807, 2.05) is 25.6 Å². The first-order valence-electron chi connectivity index (χ1n) is 5.76. The fourth-order valence-corrected chi connectivity index (χ4v) is 5.22. The SMILES string of the molecule is CC1CN(S(=O)(=O)c2ccnc(N)c2)CC(C)S1. The van der Waals surface area contributed by atoms with Gasteiger partial charge in [0.2, 0.25) is 10.0 Å². The fraction of sp³-hybridized carbons (Fsp3) is 0.545.